The zero-order valence-electron chi connectivity index (χ0n) is 12.0. The highest BCUT2D eigenvalue weighted by atomic mass is 16.4. The van der Waals surface area contributed by atoms with Gasteiger partial charge < -0.3 is 14.9 Å². The second kappa shape index (κ2) is 5.48. The Morgan fingerprint density at radius 3 is 2.32 bits per heavy atom. The molecule has 0 radical (unpaired) electrons. The lowest BCUT2D eigenvalue weighted by molar-refractivity contribution is -0.307. The molecule has 1 aromatic heterocycles. The van der Waals surface area contributed by atoms with Gasteiger partial charge in [0.2, 0.25) is 5.78 Å². The van der Waals surface area contributed by atoms with Gasteiger partial charge in [0.25, 0.3) is 0 Å². The Morgan fingerprint density at radius 1 is 1.00 bits per heavy atom. The molecule has 0 aliphatic heterocycles. The maximum atomic E-state index is 12.7. The Kier molecular flexibility index (Phi) is 3.51. The van der Waals surface area contributed by atoms with Crippen molar-refractivity contribution < 1.29 is 14.7 Å². The molecule has 1 atom stereocenters. The van der Waals surface area contributed by atoms with E-state index >= 15 is 0 Å². The number of ketones is 1. The normalized spacial score (nSPS) is 12.2. The minimum absolute atomic E-state index is 0.222. The van der Waals surface area contributed by atoms with E-state index in [2.05, 4.69) is 4.98 Å². The summed E-state index contributed by atoms with van der Waals surface area (Å²) in [5, 5.41) is 12.1. The van der Waals surface area contributed by atoms with E-state index in [1.165, 1.54) is 6.92 Å². The fourth-order valence-electron chi connectivity index (χ4n) is 2.64. The molecule has 3 aromatic rings. The van der Waals surface area contributed by atoms with Crippen LogP contribution in [0, 0.1) is 0 Å². The number of carboxylic acids is 1. The van der Waals surface area contributed by atoms with E-state index in [1.54, 1.807) is 24.3 Å². The maximum Gasteiger partial charge on any atom is 0.209 e. The van der Waals surface area contributed by atoms with E-state index in [0.717, 1.165) is 10.9 Å². The summed E-state index contributed by atoms with van der Waals surface area (Å²) >= 11 is 0. The van der Waals surface area contributed by atoms with Gasteiger partial charge in [0.1, 0.15) is 0 Å². The number of aliphatic carboxylic acids is 1. The lowest BCUT2D eigenvalue weighted by atomic mass is 9.94. The van der Waals surface area contributed by atoms with Crippen molar-refractivity contribution in [3.05, 3.63) is 71.4 Å². The summed E-state index contributed by atoms with van der Waals surface area (Å²) in [6.07, 6.45) is 0. The minimum Gasteiger partial charge on any atom is -0.550 e. The van der Waals surface area contributed by atoms with Crippen LogP contribution in [0.5, 0.6) is 0 Å². The van der Waals surface area contributed by atoms with Gasteiger partial charge >= 0.3 is 0 Å². The van der Waals surface area contributed by atoms with Gasteiger partial charge in [0.05, 0.1) is 5.69 Å². The summed E-state index contributed by atoms with van der Waals surface area (Å²) < 4.78 is 0. The highest BCUT2D eigenvalue weighted by molar-refractivity contribution is 6.12. The third-order valence-corrected chi connectivity index (χ3v) is 3.80. The molecule has 22 heavy (non-hydrogen) atoms. The number of benzene rings is 2. The van der Waals surface area contributed by atoms with E-state index in [9.17, 15) is 14.7 Å². The van der Waals surface area contributed by atoms with Crippen LogP contribution < -0.4 is 5.11 Å². The molecule has 0 saturated carbocycles. The van der Waals surface area contributed by atoms with Gasteiger partial charge in [0, 0.05) is 28.4 Å². The molecule has 1 unspecified atom stereocenters. The first-order chi connectivity index (χ1) is 10.6. The molecule has 1 heterocycles. The summed E-state index contributed by atoms with van der Waals surface area (Å²) in [6, 6.07) is 16.1. The average molecular weight is 292 g/mol. The Morgan fingerprint density at radius 2 is 1.64 bits per heavy atom. The fraction of sp³-hybridized carbons (Fsp3) is 0.111. The molecule has 2 aromatic carbocycles. The van der Waals surface area contributed by atoms with Crippen molar-refractivity contribution in [1.82, 2.24) is 4.98 Å². The monoisotopic (exact) mass is 292 g/mol. The van der Waals surface area contributed by atoms with E-state index in [-0.39, 0.29) is 5.78 Å². The molecule has 0 amide bonds. The summed E-state index contributed by atoms with van der Waals surface area (Å²) in [4.78, 5) is 27.1. The number of carboxylic acid groups (broad SMARTS) is 1. The first-order valence-electron chi connectivity index (χ1n) is 7.01. The highest BCUT2D eigenvalue weighted by Crippen LogP contribution is 2.30. The summed E-state index contributed by atoms with van der Waals surface area (Å²) in [5.74, 6) is -2.30. The van der Waals surface area contributed by atoms with Crippen LogP contribution in [0.15, 0.2) is 54.6 Å². The van der Waals surface area contributed by atoms with Gasteiger partial charge in [-0.2, -0.15) is 0 Å². The number of carbonyl (C=O) groups is 2. The maximum absolute atomic E-state index is 12.7. The summed E-state index contributed by atoms with van der Waals surface area (Å²) in [7, 11) is 0. The quantitative estimate of drug-likeness (QED) is 0.750. The van der Waals surface area contributed by atoms with Gasteiger partial charge in [-0.15, -0.1) is 0 Å². The van der Waals surface area contributed by atoms with Crippen molar-refractivity contribution in [1.29, 1.82) is 0 Å². The van der Waals surface area contributed by atoms with Gasteiger partial charge in [-0.1, -0.05) is 55.5 Å². The molecule has 0 aliphatic rings. The van der Waals surface area contributed by atoms with Gasteiger partial charge in [0.15, 0.2) is 0 Å². The van der Waals surface area contributed by atoms with Crippen molar-refractivity contribution >= 4 is 22.7 Å². The van der Waals surface area contributed by atoms with E-state index in [1.807, 2.05) is 30.3 Å². The Bertz CT molecular complexity index is 849. The second-order valence-corrected chi connectivity index (χ2v) is 5.20. The molecule has 4 nitrogen and oxygen atoms in total. The number of hydrogen-bond donors (Lipinski definition) is 1. The molecule has 0 bridgehead atoms. The number of rotatable bonds is 4. The predicted molar refractivity (Wildman–Crippen MR) is 81.6 cm³/mol. The van der Waals surface area contributed by atoms with Crippen LogP contribution in [-0.2, 0) is 4.79 Å². The van der Waals surface area contributed by atoms with Crippen LogP contribution >= 0.6 is 0 Å². The molecule has 0 fully saturated rings. The zero-order chi connectivity index (χ0) is 15.7. The van der Waals surface area contributed by atoms with Crippen LogP contribution in [0.4, 0.5) is 0 Å². The van der Waals surface area contributed by atoms with Crippen LogP contribution in [0.1, 0.15) is 34.5 Å². The van der Waals surface area contributed by atoms with E-state index in [4.69, 9.17) is 0 Å². The number of nitrogens with one attached hydrogen (secondary N) is 1. The third-order valence-electron chi connectivity index (χ3n) is 3.80. The second-order valence-electron chi connectivity index (χ2n) is 5.20. The highest BCUT2D eigenvalue weighted by Gasteiger charge is 2.23. The number of hydrogen-bond acceptors (Lipinski definition) is 3. The Balaban J connectivity index is 2.23. The molecule has 4 heteroatoms. The van der Waals surface area contributed by atoms with Crippen molar-refractivity contribution in [2.24, 2.45) is 0 Å². The smallest absolute Gasteiger partial charge is 0.209 e. The number of aromatic nitrogens is 1. The molecular weight excluding hydrogens is 278 g/mol. The van der Waals surface area contributed by atoms with Gasteiger partial charge in [-0.3, -0.25) is 4.79 Å². The van der Waals surface area contributed by atoms with Crippen molar-refractivity contribution in [3.63, 3.8) is 0 Å². The predicted octanol–water partition coefficient (Wildman–Crippen LogP) is 2.25. The number of aromatic amines is 1. The molecule has 0 aliphatic carbocycles. The number of H-pyrrole nitrogens is 1. The van der Waals surface area contributed by atoms with E-state index < -0.39 is 11.9 Å². The molecule has 110 valence electrons. The van der Waals surface area contributed by atoms with Crippen molar-refractivity contribution in [2.45, 2.75) is 12.8 Å². The minimum atomic E-state index is -1.20. The molecular formula is C18H14NO3-. The largest absolute Gasteiger partial charge is 0.550 e. The van der Waals surface area contributed by atoms with Crippen LogP contribution in [-0.4, -0.2) is 16.7 Å². The first kappa shape index (κ1) is 14.1. The standard InChI is InChI=1S/C18H15NO3/c1-11(18(21)22)15-13-9-5-6-10-14(13)19-16(15)17(20)12-7-3-2-4-8-12/h2-11,19H,1H3,(H,21,22)/p-1. The molecule has 0 saturated heterocycles. The molecule has 0 spiro atoms. The van der Waals surface area contributed by atoms with Gasteiger partial charge in [-0.25, -0.2) is 0 Å². The fourth-order valence-corrected chi connectivity index (χ4v) is 2.64. The third kappa shape index (κ3) is 2.29. The number of fused-ring (bicyclic) bond motifs is 1. The van der Waals surface area contributed by atoms with Crippen LogP contribution in [0.3, 0.4) is 0 Å². The average Bonchev–Trinajstić information content (AvgIpc) is 2.93. The Labute approximate surface area is 127 Å². The number of para-hydroxylation sites is 1. The Hall–Kier alpha value is -2.88. The lowest BCUT2D eigenvalue weighted by Crippen LogP contribution is -2.28. The molecule has 3 rings (SSSR count). The molecule has 1 N–H and O–H groups in total. The van der Waals surface area contributed by atoms with Crippen molar-refractivity contribution in [3.8, 4) is 0 Å². The van der Waals surface area contributed by atoms with E-state index in [0.29, 0.717) is 16.8 Å². The van der Waals surface area contributed by atoms with Crippen LogP contribution in [0.25, 0.3) is 10.9 Å². The topological polar surface area (TPSA) is 73.0 Å². The van der Waals surface area contributed by atoms with Crippen LogP contribution in [0.2, 0.25) is 0 Å². The lowest BCUT2D eigenvalue weighted by Gasteiger charge is -2.14. The van der Waals surface area contributed by atoms with Gasteiger partial charge in [-0.05, 0) is 11.6 Å². The first-order valence-corrected chi connectivity index (χ1v) is 7.01. The zero-order valence-corrected chi connectivity index (χ0v) is 12.0. The number of carbonyl (C=O) groups excluding carboxylic acids is 2. The van der Waals surface area contributed by atoms with Crippen molar-refractivity contribution in [2.75, 3.05) is 0 Å². The SMILES string of the molecule is CC(C(=O)[O-])c1c(C(=O)c2ccccc2)[nH]c2ccccc12. The summed E-state index contributed by atoms with van der Waals surface area (Å²) in [6.45, 7) is 1.53. The summed E-state index contributed by atoms with van der Waals surface area (Å²) in [5.41, 5.74) is 2.04.